The molecule has 0 saturated carbocycles. The molecular formula is C22H19ClN4O3. The van der Waals surface area contributed by atoms with Gasteiger partial charge in [-0.2, -0.15) is 5.10 Å². The quantitative estimate of drug-likeness (QED) is 0.684. The summed E-state index contributed by atoms with van der Waals surface area (Å²) >= 11 is 5.91. The minimum Gasteiger partial charge on any atom is -0.326 e. The lowest BCUT2D eigenvalue weighted by molar-refractivity contribution is -0.116. The Balaban J connectivity index is 1.45. The SMILES string of the molecule is O=C(CCn1nc(C(=O)N2CCc3ccccc32)ccc1=O)Nc1cccc(Cl)c1. The van der Waals surface area contributed by atoms with Crippen molar-refractivity contribution in [3.63, 3.8) is 0 Å². The van der Waals surface area contributed by atoms with Crippen molar-refractivity contribution < 1.29 is 9.59 Å². The zero-order chi connectivity index (χ0) is 21.1. The molecule has 8 heteroatoms. The van der Waals surface area contributed by atoms with Gasteiger partial charge in [-0.25, -0.2) is 4.68 Å². The van der Waals surface area contributed by atoms with Crippen LogP contribution in [0.2, 0.25) is 5.02 Å². The van der Waals surface area contributed by atoms with Crippen molar-refractivity contribution in [2.75, 3.05) is 16.8 Å². The van der Waals surface area contributed by atoms with Crippen LogP contribution in [0.3, 0.4) is 0 Å². The summed E-state index contributed by atoms with van der Waals surface area (Å²) in [6, 6.07) is 17.3. The van der Waals surface area contributed by atoms with Gasteiger partial charge < -0.3 is 10.2 Å². The highest BCUT2D eigenvalue weighted by Gasteiger charge is 2.26. The zero-order valence-electron chi connectivity index (χ0n) is 16.0. The molecule has 0 spiro atoms. The van der Waals surface area contributed by atoms with Crippen LogP contribution in [0, 0.1) is 0 Å². The molecule has 0 fully saturated rings. The summed E-state index contributed by atoms with van der Waals surface area (Å²) in [5.41, 5.74) is 2.34. The van der Waals surface area contributed by atoms with Gasteiger partial charge in [0.15, 0.2) is 0 Å². The van der Waals surface area contributed by atoms with E-state index in [9.17, 15) is 14.4 Å². The highest BCUT2D eigenvalue weighted by atomic mass is 35.5. The fourth-order valence-corrected chi connectivity index (χ4v) is 3.60. The number of aryl methyl sites for hydroxylation is 1. The summed E-state index contributed by atoms with van der Waals surface area (Å²) in [7, 11) is 0. The molecule has 30 heavy (non-hydrogen) atoms. The number of hydrogen-bond acceptors (Lipinski definition) is 4. The summed E-state index contributed by atoms with van der Waals surface area (Å²) in [5, 5.41) is 7.43. The Hall–Kier alpha value is -3.45. The van der Waals surface area contributed by atoms with Crippen molar-refractivity contribution in [1.82, 2.24) is 9.78 Å². The van der Waals surface area contributed by atoms with Gasteiger partial charge in [0.1, 0.15) is 5.69 Å². The fraction of sp³-hybridized carbons (Fsp3) is 0.182. The number of hydrogen-bond donors (Lipinski definition) is 1. The number of rotatable bonds is 5. The summed E-state index contributed by atoms with van der Waals surface area (Å²) < 4.78 is 1.15. The Morgan fingerprint density at radius 3 is 2.73 bits per heavy atom. The first-order valence-corrected chi connectivity index (χ1v) is 9.92. The molecule has 152 valence electrons. The Bertz CT molecular complexity index is 1170. The first kappa shape index (κ1) is 19.8. The lowest BCUT2D eigenvalue weighted by Gasteiger charge is -2.17. The van der Waals surface area contributed by atoms with E-state index in [1.807, 2.05) is 24.3 Å². The summed E-state index contributed by atoms with van der Waals surface area (Å²) in [5.74, 6) is -0.548. The van der Waals surface area contributed by atoms with Crippen LogP contribution >= 0.6 is 11.6 Å². The van der Waals surface area contributed by atoms with E-state index < -0.39 is 0 Å². The molecule has 0 unspecified atom stereocenters. The van der Waals surface area contributed by atoms with Crippen molar-refractivity contribution in [3.8, 4) is 0 Å². The van der Waals surface area contributed by atoms with E-state index >= 15 is 0 Å². The van der Waals surface area contributed by atoms with Gasteiger partial charge in [-0.05, 0) is 42.3 Å². The number of nitrogens with one attached hydrogen (secondary N) is 1. The topological polar surface area (TPSA) is 84.3 Å². The lowest BCUT2D eigenvalue weighted by atomic mass is 10.2. The van der Waals surface area contributed by atoms with E-state index in [0.717, 1.165) is 22.4 Å². The maximum Gasteiger partial charge on any atom is 0.278 e. The van der Waals surface area contributed by atoms with Crippen LogP contribution in [0.15, 0.2) is 65.5 Å². The maximum atomic E-state index is 12.9. The Morgan fingerprint density at radius 2 is 1.90 bits per heavy atom. The third kappa shape index (κ3) is 4.26. The van der Waals surface area contributed by atoms with Gasteiger partial charge in [0, 0.05) is 35.4 Å². The molecule has 1 N–H and O–H groups in total. The highest BCUT2D eigenvalue weighted by molar-refractivity contribution is 6.30. The van der Waals surface area contributed by atoms with Crippen molar-refractivity contribution in [2.24, 2.45) is 0 Å². The molecule has 2 amide bonds. The molecule has 4 rings (SSSR count). The van der Waals surface area contributed by atoms with Crippen molar-refractivity contribution in [2.45, 2.75) is 19.4 Å². The van der Waals surface area contributed by atoms with Crippen LogP contribution in [-0.4, -0.2) is 28.1 Å². The largest absolute Gasteiger partial charge is 0.326 e. The van der Waals surface area contributed by atoms with Gasteiger partial charge in [-0.15, -0.1) is 0 Å². The number of amides is 2. The standard InChI is InChI=1S/C22H19ClN4O3/c23-16-5-3-6-17(14-16)24-20(28)11-13-27-21(29)9-8-18(25-27)22(30)26-12-10-15-4-1-2-7-19(15)26/h1-9,14H,10-13H2,(H,24,28). The van der Waals surface area contributed by atoms with Crippen LogP contribution in [0.25, 0.3) is 0 Å². The second kappa shape index (κ2) is 8.51. The number of carbonyl (C=O) groups is 2. The minimum atomic E-state index is -0.371. The molecule has 3 aromatic rings. The van der Waals surface area contributed by atoms with E-state index in [-0.39, 0.29) is 36.0 Å². The number of fused-ring (bicyclic) bond motifs is 1. The van der Waals surface area contributed by atoms with Crippen molar-refractivity contribution >= 4 is 34.8 Å². The number of anilines is 2. The second-order valence-electron chi connectivity index (χ2n) is 6.92. The summed E-state index contributed by atoms with van der Waals surface area (Å²) in [6.07, 6.45) is 0.814. The molecule has 1 aliphatic rings. The van der Waals surface area contributed by atoms with Crippen LogP contribution in [0.1, 0.15) is 22.5 Å². The first-order valence-electron chi connectivity index (χ1n) is 9.54. The maximum absolute atomic E-state index is 12.9. The Morgan fingerprint density at radius 1 is 1.07 bits per heavy atom. The number of para-hydroxylation sites is 1. The molecule has 1 aliphatic heterocycles. The molecule has 2 aromatic carbocycles. The van der Waals surface area contributed by atoms with E-state index in [0.29, 0.717) is 17.3 Å². The summed E-state index contributed by atoms with van der Waals surface area (Å²) in [4.78, 5) is 39.0. The molecule has 0 radical (unpaired) electrons. The van der Waals surface area contributed by atoms with E-state index in [1.54, 1.807) is 29.2 Å². The van der Waals surface area contributed by atoms with Crippen molar-refractivity contribution in [1.29, 1.82) is 0 Å². The Labute approximate surface area is 177 Å². The molecule has 0 aliphatic carbocycles. The second-order valence-corrected chi connectivity index (χ2v) is 7.36. The van der Waals surface area contributed by atoms with Crippen LogP contribution < -0.4 is 15.8 Å². The third-order valence-electron chi connectivity index (χ3n) is 4.88. The fourth-order valence-electron chi connectivity index (χ4n) is 3.41. The third-order valence-corrected chi connectivity index (χ3v) is 5.11. The van der Waals surface area contributed by atoms with E-state index in [1.165, 1.54) is 12.1 Å². The van der Waals surface area contributed by atoms with Gasteiger partial charge in [0.2, 0.25) is 5.91 Å². The molecule has 7 nitrogen and oxygen atoms in total. The monoisotopic (exact) mass is 422 g/mol. The zero-order valence-corrected chi connectivity index (χ0v) is 16.8. The van der Waals surface area contributed by atoms with Gasteiger partial charge in [0.05, 0.1) is 6.54 Å². The molecule has 0 saturated heterocycles. The predicted octanol–water partition coefficient (Wildman–Crippen LogP) is 3.13. The van der Waals surface area contributed by atoms with Gasteiger partial charge in [0.25, 0.3) is 11.5 Å². The number of aromatic nitrogens is 2. The minimum absolute atomic E-state index is 0.0314. The van der Waals surface area contributed by atoms with Crippen LogP contribution in [-0.2, 0) is 17.8 Å². The summed E-state index contributed by atoms with van der Waals surface area (Å²) in [6.45, 7) is 0.629. The van der Waals surface area contributed by atoms with Crippen LogP contribution in [0.4, 0.5) is 11.4 Å². The van der Waals surface area contributed by atoms with E-state index in [2.05, 4.69) is 10.4 Å². The molecule has 0 bridgehead atoms. The molecule has 2 heterocycles. The smallest absolute Gasteiger partial charge is 0.278 e. The number of halogens is 1. The first-order chi connectivity index (χ1) is 14.5. The van der Waals surface area contributed by atoms with E-state index in [4.69, 9.17) is 11.6 Å². The Kier molecular flexibility index (Phi) is 5.63. The number of carbonyl (C=O) groups excluding carboxylic acids is 2. The average Bonchev–Trinajstić information content (AvgIpc) is 3.17. The predicted molar refractivity (Wildman–Crippen MR) is 115 cm³/mol. The molecular weight excluding hydrogens is 404 g/mol. The normalized spacial score (nSPS) is 12.5. The number of benzene rings is 2. The van der Waals surface area contributed by atoms with Crippen molar-refractivity contribution in [3.05, 3.63) is 87.3 Å². The lowest BCUT2D eigenvalue weighted by Crippen LogP contribution is -2.33. The van der Waals surface area contributed by atoms with Gasteiger partial charge >= 0.3 is 0 Å². The van der Waals surface area contributed by atoms with Crippen LogP contribution in [0.5, 0.6) is 0 Å². The highest BCUT2D eigenvalue weighted by Crippen LogP contribution is 2.28. The average molecular weight is 423 g/mol. The molecule has 1 aromatic heterocycles. The molecule has 0 atom stereocenters. The van der Waals surface area contributed by atoms with Gasteiger partial charge in [-0.3, -0.25) is 14.4 Å². The van der Waals surface area contributed by atoms with Gasteiger partial charge in [-0.1, -0.05) is 35.9 Å². The number of nitrogens with zero attached hydrogens (tertiary/aromatic N) is 3.